The highest BCUT2D eigenvalue weighted by molar-refractivity contribution is 6.30. The maximum absolute atomic E-state index is 13.2. The van der Waals surface area contributed by atoms with Crippen LogP contribution < -0.4 is 4.74 Å². The Morgan fingerprint density at radius 1 is 0.867 bits per heavy atom. The predicted octanol–water partition coefficient (Wildman–Crippen LogP) is 4.03. The lowest BCUT2D eigenvalue weighted by Gasteiger charge is -2.35. The summed E-state index contributed by atoms with van der Waals surface area (Å²) in [5, 5.41) is 2.45. The van der Waals surface area contributed by atoms with Crippen molar-refractivity contribution in [3.63, 3.8) is 0 Å². The minimum atomic E-state index is -0.0151. The van der Waals surface area contributed by atoms with E-state index in [-0.39, 0.29) is 11.8 Å². The summed E-state index contributed by atoms with van der Waals surface area (Å²) >= 11 is 5.91. The number of methoxy groups -OCH3 is 1. The van der Waals surface area contributed by atoms with Crippen molar-refractivity contribution < 1.29 is 14.3 Å². The Hall–Kier alpha value is -3.05. The van der Waals surface area contributed by atoms with Gasteiger partial charge in [-0.2, -0.15) is 0 Å². The standard InChI is InChI=1S/C24H23ClN2O3/c1-30-22-11-10-21(19-4-2-3-5-20(19)22)24(29)27-14-12-26(13-15-27)23(28)16-17-6-8-18(25)9-7-17/h2-11H,12-16H2,1H3. The third-order valence-corrected chi connectivity index (χ3v) is 5.77. The van der Waals surface area contributed by atoms with Crippen LogP contribution in [0, 0.1) is 0 Å². The summed E-state index contributed by atoms with van der Waals surface area (Å²) in [5.74, 6) is 0.803. The Kier molecular flexibility index (Phi) is 5.91. The van der Waals surface area contributed by atoms with Gasteiger partial charge in [-0.15, -0.1) is 0 Å². The number of halogens is 1. The highest BCUT2D eigenvalue weighted by atomic mass is 35.5. The molecule has 6 heteroatoms. The highest BCUT2D eigenvalue weighted by Crippen LogP contribution is 2.29. The molecule has 0 unspecified atom stereocenters. The van der Waals surface area contributed by atoms with Crippen molar-refractivity contribution in [2.75, 3.05) is 33.3 Å². The summed E-state index contributed by atoms with van der Waals surface area (Å²) in [6, 6.07) is 18.7. The van der Waals surface area contributed by atoms with Crippen LogP contribution in [0.2, 0.25) is 5.02 Å². The molecule has 3 aromatic carbocycles. The molecule has 3 aromatic rings. The van der Waals surface area contributed by atoms with Crippen LogP contribution in [0.25, 0.3) is 10.8 Å². The Balaban J connectivity index is 1.43. The molecule has 1 saturated heterocycles. The molecule has 0 aliphatic carbocycles. The molecule has 0 radical (unpaired) electrons. The molecule has 0 aromatic heterocycles. The molecule has 5 nitrogen and oxygen atoms in total. The van der Waals surface area contributed by atoms with E-state index >= 15 is 0 Å². The molecule has 0 bridgehead atoms. The first kappa shape index (κ1) is 20.2. The number of carbonyl (C=O) groups is 2. The monoisotopic (exact) mass is 422 g/mol. The molecule has 154 valence electrons. The Morgan fingerprint density at radius 3 is 2.17 bits per heavy atom. The number of fused-ring (bicyclic) bond motifs is 1. The van der Waals surface area contributed by atoms with Crippen LogP contribution >= 0.6 is 11.6 Å². The number of rotatable bonds is 4. The third kappa shape index (κ3) is 4.12. The molecule has 0 saturated carbocycles. The van der Waals surface area contributed by atoms with E-state index in [1.165, 1.54) is 0 Å². The van der Waals surface area contributed by atoms with Crippen molar-refractivity contribution >= 4 is 34.2 Å². The fourth-order valence-electron chi connectivity index (χ4n) is 3.85. The molecule has 1 fully saturated rings. The van der Waals surface area contributed by atoms with Gasteiger partial charge in [-0.3, -0.25) is 9.59 Å². The summed E-state index contributed by atoms with van der Waals surface area (Å²) in [6.07, 6.45) is 0.342. The lowest BCUT2D eigenvalue weighted by Crippen LogP contribution is -2.51. The fourth-order valence-corrected chi connectivity index (χ4v) is 3.98. The smallest absolute Gasteiger partial charge is 0.254 e. The number of piperazine rings is 1. The van der Waals surface area contributed by atoms with Crippen molar-refractivity contribution in [1.29, 1.82) is 0 Å². The number of ether oxygens (including phenoxy) is 1. The molecule has 0 N–H and O–H groups in total. The molecule has 2 amide bonds. The molecular weight excluding hydrogens is 400 g/mol. The molecule has 1 aliphatic heterocycles. The van der Waals surface area contributed by atoms with E-state index in [1.54, 1.807) is 19.2 Å². The molecular formula is C24H23ClN2O3. The second-order valence-electron chi connectivity index (χ2n) is 7.34. The topological polar surface area (TPSA) is 49.9 Å². The van der Waals surface area contributed by atoms with Gasteiger partial charge in [-0.05, 0) is 35.2 Å². The number of amides is 2. The lowest BCUT2D eigenvalue weighted by atomic mass is 10.0. The van der Waals surface area contributed by atoms with E-state index in [2.05, 4.69) is 0 Å². The molecule has 1 aliphatic rings. The first-order valence-electron chi connectivity index (χ1n) is 9.94. The van der Waals surface area contributed by atoms with Crippen LogP contribution in [0.15, 0.2) is 60.7 Å². The average molecular weight is 423 g/mol. The number of hydrogen-bond donors (Lipinski definition) is 0. The normalized spacial score (nSPS) is 14.1. The van der Waals surface area contributed by atoms with Gasteiger partial charge in [0.15, 0.2) is 0 Å². The average Bonchev–Trinajstić information content (AvgIpc) is 2.79. The molecule has 0 atom stereocenters. The van der Waals surface area contributed by atoms with E-state index in [9.17, 15) is 9.59 Å². The third-order valence-electron chi connectivity index (χ3n) is 5.52. The minimum Gasteiger partial charge on any atom is -0.496 e. The van der Waals surface area contributed by atoms with Crippen molar-refractivity contribution in [2.45, 2.75) is 6.42 Å². The van der Waals surface area contributed by atoms with Gasteiger partial charge in [0, 0.05) is 42.2 Å². The molecule has 30 heavy (non-hydrogen) atoms. The number of nitrogens with zero attached hydrogens (tertiary/aromatic N) is 2. The van der Waals surface area contributed by atoms with Crippen LogP contribution in [-0.4, -0.2) is 54.9 Å². The van der Waals surface area contributed by atoms with Crippen molar-refractivity contribution in [3.05, 3.63) is 76.8 Å². The van der Waals surface area contributed by atoms with E-state index in [0.717, 1.165) is 22.1 Å². The lowest BCUT2D eigenvalue weighted by molar-refractivity contribution is -0.131. The summed E-state index contributed by atoms with van der Waals surface area (Å²) in [6.45, 7) is 2.11. The summed E-state index contributed by atoms with van der Waals surface area (Å²) in [5.41, 5.74) is 1.60. The van der Waals surface area contributed by atoms with Crippen LogP contribution in [0.4, 0.5) is 0 Å². The largest absolute Gasteiger partial charge is 0.496 e. The van der Waals surface area contributed by atoms with Gasteiger partial charge in [0.2, 0.25) is 5.91 Å². The van der Waals surface area contributed by atoms with E-state index in [0.29, 0.717) is 43.2 Å². The van der Waals surface area contributed by atoms with Crippen molar-refractivity contribution in [3.8, 4) is 5.75 Å². The molecule has 4 rings (SSSR count). The Labute approximate surface area is 180 Å². The summed E-state index contributed by atoms with van der Waals surface area (Å²) in [7, 11) is 1.63. The maximum atomic E-state index is 13.2. The summed E-state index contributed by atoms with van der Waals surface area (Å²) in [4.78, 5) is 29.4. The van der Waals surface area contributed by atoms with Crippen LogP contribution in [0.3, 0.4) is 0 Å². The highest BCUT2D eigenvalue weighted by Gasteiger charge is 2.26. The fraction of sp³-hybridized carbons (Fsp3) is 0.250. The van der Waals surface area contributed by atoms with Gasteiger partial charge < -0.3 is 14.5 Å². The zero-order valence-corrected chi connectivity index (χ0v) is 17.6. The first-order chi connectivity index (χ1) is 14.6. The van der Waals surface area contributed by atoms with Crippen LogP contribution in [0.5, 0.6) is 5.75 Å². The Morgan fingerprint density at radius 2 is 1.50 bits per heavy atom. The van der Waals surface area contributed by atoms with E-state index < -0.39 is 0 Å². The van der Waals surface area contributed by atoms with E-state index in [4.69, 9.17) is 16.3 Å². The van der Waals surface area contributed by atoms with Gasteiger partial charge in [0.05, 0.1) is 13.5 Å². The number of benzene rings is 3. The van der Waals surface area contributed by atoms with Gasteiger partial charge in [0.25, 0.3) is 5.91 Å². The van der Waals surface area contributed by atoms with E-state index in [1.807, 2.05) is 58.3 Å². The maximum Gasteiger partial charge on any atom is 0.254 e. The SMILES string of the molecule is COc1ccc(C(=O)N2CCN(C(=O)Cc3ccc(Cl)cc3)CC2)c2ccccc12. The Bertz CT molecular complexity index is 1070. The summed E-state index contributed by atoms with van der Waals surface area (Å²) < 4.78 is 5.43. The van der Waals surface area contributed by atoms with Gasteiger partial charge in [-0.25, -0.2) is 0 Å². The second-order valence-corrected chi connectivity index (χ2v) is 7.77. The number of hydrogen-bond acceptors (Lipinski definition) is 3. The van der Waals surface area contributed by atoms with Gasteiger partial charge in [0.1, 0.15) is 5.75 Å². The first-order valence-corrected chi connectivity index (χ1v) is 10.3. The van der Waals surface area contributed by atoms with Crippen LogP contribution in [-0.2, 0) is 11.2 Å². The zero-order chi connectivity index (χ0) is 21.1. The second kappa shape index (κ2) is 8.76. The minimum absolute atomic E-state index is 0.0151. The molecule has 0 spiro atoms. The van der Waals surface area contributed by atoms with Crippen LogP contribution in [0.1, 0.15) is 15.9 Å². The number of carbonyl (C=O) groups excluding carboxylic acids is 2. The predicted molar refractivity (Wildman–Crippen MR) is 118 cm³/mol. The van der Waals surface area contributed by atoms with Gasteiger partial charge in [-0.1, -0.05) is 48.0 Å². The van der Waals surface area contributed by atoms with Crippen molar-refractivity contribution in [2.24, 2.45) is 0 Å². The quantitative estimate of drug-likeness (QED) is 0.637. The van der Waals surface area contributed by atoms with Crippen molar-refractivity contribution in [1.82, 2.24) is 9.80 Å². The zero-order valence-electron chi connectivity index (χ0n) is 16.8. The molecule has 1 heterocycles. The van der Waals surface area contributed by atoms with Gasteiger partial charge >= 0.3 is 0 Å².